The molecule has 0 saturated carbocycles. The van der Waals surface area contributed by atoms with Crippen LogP contribution in [0.4, 0.5) is 11.4 Å². The molecule has 0 aliphatic carbocycles. The van der Waals surface area contributed by atoms with Crippen molar-refractivity contribution in [3.8, 4) is 5.75 Å². The van der Waals surface area contributed by atoms with E-state index in [0.29, 0.717) is 35.6 Å². The number of carbonyl (C=O) groups excluding carboxylic acids is 2. The second-order valence-corrected chi connectivity index (χ2v) is 8.39. The fourth-order valence-electron chi connectivity index (χ4n) is 3.33. The molecule has 9 heteroatoms. The average Bonchev–Trinajstić information content (AvgIpc) is 3.17. The van der Waals surface area contributed by atoms with Crippen LogP contribution in [0.15, 0.2) is 47.6 Å². The molecule has 3 rings (SSSR count). The smallest absolute Gasteiger partial charge is 0.234 e. The number of carbonyl (C=O) groups is 2. The second kappa shape index (κ2) is 11.5. The summed E-state index contributed by atoms with van der Waals surface area (Å²) in [6.45, 7) is 8.93. The standard InChI is InChI=1S/C24H29N5O3S/c1-5-29-21(14-22(30)25-18-12-11-16(3)13-17(18)4)27-28-24(29)33-15-23(31)26-19-9-7-8-10-20(19)32-6-2/h7-13H,5-6,14-15H2,1-4H3,(H,25,30)(H,26,31). The van der Waals surface area contributed by atoms with E-state index < -0.39 is 0 Å². The minimum Gasteiger partial charge on any atom is -0.492 e. The normalized spacial score (nSPS) is 10.7. The number of rotatable bonds is 10. The molecule has 0 saturated heterocycles. The summed E-state index contributed by atoms with van der Waals surface area (Å²) < 4.78 is 7.40. The Morgan fingerprint density at radius 2 is 1.76 bits per heavy atom. The monoisotopic (exact) mass is 467 g/mol. The first-order valence-electron chi connectivity index (χ1n) is 10.8. The molecule has 0 aliphatic rings. The van der Waals surface area contributed by atoms with Crippen molar-refractivity contribution in [2.45, 2.75) is 45.8 Å². The lowest BCUT2D eigenvalue weighted by Gasteiger charge is -2.11. The van der Waals surface area contributed by atoms with Gasteiger partial charge in [-0.2, -0.15) is 0 Å². The molecule has 0 fully saturated rings. The first kappa shape index (κ1) is 24.3. The van der Waals surface area contributed by atoms with Crippen molar-refractivity contribution < 1.29 is 14.3 Å². The number of ether oxygens (including phenoxy) is 1. The molecule has 2 aromatic carbocycles. The number of amides is 2. The molecule has 3 aromatic rings. The van der Waals surface area contributed by atoms with Crippen LogP contribution in [0.25, 0.3) is 0 Å². The van der Waals surface area contributed by atoms with Gasteiger partial charge in [0.1, 0.15) is 11.6 Å². The van der Waals surface area contributed by atoms with E-state index in [1.807, 2.05) is 68.7 Å². The van der Waals surface area contributed by atoms with Crippen molar-refractivity contribution in [2.75, 3.05) is 23.0 Å². The SMILES string of the molecule is CCOc1ccccc1NC(=O)CSc1nnc(CC(=O)Nc2ccc(C)cc2C)n1CC. The van der Waals surface area contributed by atoms with E-state index in [4.69, 9.17) is 4.74 Å². The Balaban J connectivity index is 1.60. The Morgan fingerprint density at radius 1 is 1.00 bits per heavy atom. The molecule has 0 atom stereocenters. The number of aromatic nitrogens is 3. The maximum absolute atomic E-state index is 12.6. The topological polar surface area (TPSA) is 98.1 Å². The van der Waals surface area contributed by atoms with E-state index in [1.54, 1.807) is 6.07 Å². The van der Waals surface area contributed by atoms with E-state index in [1.165, 1.54) is 11.8 Å². The van der Waals surface area contributed by atoms with Gasteiger partial charge in [0, 0.05) is 12.2 Å². The molecule has 33 heavy (non-hydrogen) atoms. The van der Waals surface area contributed by atoms with Gasteiger partial charge >= 0.3 is 0 Å². The average molecular weight is 468 g/mol. The van der Waals surface area contributed by atoms with Crippen molar-refractivity contribution in [1.29, 1.82) is 0 Å². The van der Waals surface area contributed by atoms with Crippen LogP contribution in [0, 0.1) is 13.8 Å². The van der Waals surface area contributed by atoms with Crippen LogP contribution in [0.5, 0.6) is 5.75 Å². The maximum Gasteiger partial charge on any atom is 0.234 e. The van der Waals surface area contributed by atoms with Crippen LogP contribution in [0.1, 0.15) is 30.8 Å². The van der Waals surface area contributed by atoms with Crippen LogP contribution in [-0.2, 0) is 22.6 Å². The summed E-state index contributed by atoms with van der Waals surface area (Å²) in [6.07, 6.45) is 0.0998. The molecule has 0 spiro atoms. The van der Waals surface area contributed by atoms with Gasteiger partial charge in [-0.1, -0.05) is 41.6 Å². The molecule has 2 amide bonds. The Morgan fingerprint density at radius 3 is 2.48 bits per heavy atom. The summed E-state index contributed by atoms with van der Waals surface area (Å²) in [5.74, 6) is 1.02. The maximum atomic E-state index is 12.6. The molecular formula is C24H29N5O3S. The van der Waals surface area contributed by atoms with E-state index in [9.17, 15) is 9.59 Å². The summed E-state index contributed by atoms with van der Waals surface area (Å²) in [5, 5.41) is 14.8. The highest BCUT2D eigenvalue weighted by molar-refractivity contribution is 7.99. The summed E-state index contributed by atoms with van der Waals surface area (Å²) in [4.78, 5) is 25.1. The van der Waals surface area contributed by atoms with Gasteiger partial charge in [-0.25, -0.2) is 0 Å². The molecule has 0 radical (unpaired) electrons. The molecule has 0 bridgehead atoms. The van der Waals surface area contributed by atoms with Gasteiger partial charge in [0.2, 0.25) is 11.8 Å². The Bertz CT molecular complexity index is 1130. The molecule has 2 N–H and O–H groups in total. The predicted octanol–water partition coefficient (Wildman–Crippen LogP) is 4.23. The Hall–Kier alpha value is -3.33. The van der Waals surface area contributed by atoms with Crippen molar-refractivity contribution >= 4 is 35.0 Å². The van der Waals surface area contributed by atoms with E-state index in [2.05, 4.69) is 20.8 Å². The van der Waals surface area contributed by atoms with Gasteiger partial charge < -0.3 is 19.9 Å². The highest BCUT2D eigenvalue weighted by Gasteiger charge is 2.17. The number of thioether (sulfide) groups is 1. The first-order chi connectivity index (χ1) is 15.9. The lowest BCUT2D eigenvalue weighted by Crippen LogP contribution is -2.18. The van der Waals surface area contributed by atoms with Gasteiger partial charge in [0.25, 0.3) is 0 Å². The summed E-state index contributed by atoms with van der Waals surface area (Å²) >= 11 is 1.28. The van der Waals surface area contributed by atoms with E-state index >= 15 is 0 Å². The van der Waals surface area contributed by atoms with E-state index in [0.717, 1.165) is 16.8 Å². The summed E-state index contributed by atoms with van der Waals surface area (Å²) in [7, 11) is 0. The van der Waals surface area contributed by atoms with Crippen LogP contribution >= 0.6 is 11.8 Å². The zero-order chi connectivity index (χ0) is 23.8. The van der Waals surface area contributed by atoms with Crippen molar-refractivity contribution in [3.63, 3.8) is 0 Å². The Kier molecular flexibility index (Phi) is 8.48. The van der Waals surface area contributed by atoms with Gasteiger partial charge in [-0.3, -0.25) is 9.59 Å². The predicted molar refractivity (Wildman–Crippen MR) is 131 cm³/mol. The summed E-state index contributed by atoms with van der Waals surface area (Å²) in [6, 6.07) is 13.2. The zero-order valence-corrected chi connectivity index (χ0v) is 20.2. The molecule has 8 nitrogen and oxygen atoms in total. The summed E-state index contributed by atoms with van der Waals surface area (Å²) in [5.41, 5.74) is 3.56. The Labute approximate surface area is 198 Å². The second-order valence-electron chi connectivity index (χ2n) is 7.45. The van der Waals surface area contributed by atoms with Gasteiger partial charge in [0.15, 0.2) is 5.16 Å². The number of anilines is 2. The van der Waals surface area contributed by atoms with Crippen molar-refractivity contribution in [1.82, 2.24) is 14.8 Å². The van der Waals surface area contributed by atoms with Gasteiger partial charge in [0.05, 0.1) is 24.5 Å². The fraction of sp³-hybridized carbons (Fsp3) is 0.333. The van der Waals surface area contributed by atoms with Crippen LogP contribution in [0.3, 0.4) is 0 Å². The fourth-order valence-corrected chi connectivity index (χ4v) is 4.15. The van der Waals surface area contributed by atoms with Crippen LogP contribution in [0.2, 0.25) is 0 Å². The largest absolute Gasteiger partial charge is 0.492 e. The molecular weight excluding hydrogens is 438 g/mol. The molecule has 174 valence electrons. The number of hydrogen-bond acceptors (Lipinski definition) is 6. The number of benzene rings is 2. The lowest BCUT2D eigenvalue weighted by molar-refractivity contribution is -0.116. The third-order valence-electron chi connectivity index (χ3n) is 4.88. The molecule has 0 unspecified atom stereocenters. The van der Waals surface area contributed by atoms with Gasteiger partial charge in [-0.15, -0.1) is 10.2 Å². The minimum absolute atomic E-state index is 0.0998. The number of aryl methyl sites for hydroxylation is 2. The highest BCUT2D eigenvalue weighted by Crippen LogP contribution is 2.25. The van der Waals surface area contributed by atoms with Crippen molar-refractivity contribution in [2.24, 2.45) is 0 Å². The van der Waals surface area contributed by atoms with E-state index in [-0.39, 0.29) is 24.0 Å². The number of nitrogens with one attached hydrogen (secondary N) is 2. The molecule has 1 heterocycles. The number of nitrogens with zero attached hydrogens (tertiary/aromatic N) is 3. The third kappa shape index (κ3) is 6.58. The number of hydrogen-bond donors (Lipinski definition) is 2. The highest BCUT2D eigenvalue weighted by atomic mass is 32.2. The quantitative estimate of drug-likeness (QED) is 0.433. The van der Waals surface area contributed by atoms with Gasteiger partial charge in [-0.05, 0) is 51.5 Å². The minimum atomic E-state index is -0.174. The zero-order valence-electron chi connectivity index (χ0n) is 19.3. The van der Waals surface area contributed by atoms with Crippen LogP contribution in [-0.4, -0.2) is 38.9 Å². The number of para-hydroxylation sites is 2. The lowest BCUT2D eigenvalue weighted by atomic mass is 10.1. The third-order valence-corrected chi connectivity index (χ3v) is 5.84. The first-order valence-corrected chi connectivity index (χ1v) is 11.8. The molecule has 0 aliphatic heterocycles. The molecule has 1 aromatic heterocycles. The van der Waals surface area contributed by atoms with Crippen molar-refractivity contribution in [3.05, 3.63) is 59.4 Å². The van der Waals surface area contributed by atoms with Crippen LogP contribution < -0.4 is 15.4 Å².